The first kappa shape index (κ1) is 10.5. The van der Waals surface area contributed by atoms with Crippen molar-refractivity contribution in [3.8, 4) is 5.75 Å². The Labute approximate surface area is 91.2 Å². The van der Waals surface area contributed by atoms with Crippen LogP contribution < -0.4 is 0 Å². The summed E-state index contributed by atoms with van der Waals surface area (Å²) in [5.74, 6) is -3.11. The second-order valence-corrected chi connectivity index (χ2v) is 3.36. The molecule has 0 spiro atoms. The van der Waals surface area contributed by atoms with Gasteiger partial charge in [0.1, 0.15) is 5.75 Å². The number of aromatic hydroxyl groups is 1. The second kappa shape index (κ2) is 3.89. The molecule has 2 nitrogen and oxygen atoms in total. The van der Waals surface area contributed by atoms with Crippen LogP contribution in [0.1, 0.15) is 11.1 Å². The number of aromatic nitrogens is 1. The van der Waals surface area contributed by atoms with Gasteiger partial charge in [0.2, 0.25) is 0 Å². The molecule has 4 heteroatoms. The first-order valence-corrected chi connectivity index (χ1v) is 4.68. The molecule has 2 rings (SSSR count). The van der Waals surface area contributed by atoms with Gasteiger partial charge in [-0.15, -0.1) is 0 Å². The summed E-state index contributed by atoms with van der Waals surface area (Å²) in [5.41, 5.74) is -0.273. The van der Waals surface area contributed by atoms with E-state index >= 15 is 0 Å². The average molecular weight is 221 g/mol. The number of rotatable bonds is 2. The Kier molecular flexibility index (Phi) is 2.56. The zero-order valence-electron chi connectivity index (χ0n) is 8.27. The van der Waals surface area contributed by atoms with E-state index in [0.29, 0.717) is 0 Å². The second-order valence-electron chi connectivity index (χ2n) is 3.36. The molecule has 0 unspecified atom stereocenters. The Morgan fingerprint density at radius 1 is 0.875 bits per heavy atom. The lowest BCUT2D eigenvalue weighted by molar-refractivity contribution is 0.0427. The van der Waals surface area contributed by atoms with Gasteiger partial charge in [-0.05, 0) is 36.4 Å². The highest BCUT2D eigenvalue weighted by Crippen LogP contribution is 2.35. The SMILES string of the molecule is Oc1ccc(C(F)(F)c2ccncc2)cc1. The first-order valence-electron chi connectivity index (χ1n) is 4.68. The average Bonchev–Trinajstić information content (AvgIpc) is 2.31. The van der Waals surface area contributed by atoms with Gasteiger partial charge in [0.25, 0.3) is 5.92 Å². The van der Waals surface area contributed by atoms with Crippen molar-refractivity contribution in [3.63, 3.8) is 0 Å². The zero-order valence-corrected chi connectivity index (χ0v) is 8.27. The molecule has 0 amide bonds. The lowest BCUT2D eigenvalue weighted by atomic mass is 10.0. The van der Waals surface area contributed by atoms with Crippen molar-refractivity contribution in [3.05, 3.63) is 59.9 Å². The predicted octanol–water partition coefficient (Wildman–Crippen LogP) is 2.93. The van der Waals surface area contributed by atoms with E-state index in [4.69, 9.17) is 5.11 Å². The van der Waals surface area contributed by atoms with Crippen molar-refractivity contribution in [1.29, 1.82) is 0 Å². The van der Waals surface area contributed by atoms with E-state index in [1.165, 1.54) is 48.8 Å². The summed E-state index contributed by atoms with van der Waals surface area (Å²) < 4.78 is 27.8. The van der Waals surface area contributed by atoms with Crippen molar-refractivity contribution >= 4 is 0 Å². The first-order chi connectivity index (χ1) is 7.60. The van der Waals surface area contributed by atoms with Crippen LogP contribution in [-0.4, -0.2) is 10.1 Å². The third-order valence-corrected chi connectivity index (χ3v) is 2.27. The number of halogens is 2. The number of phenolic OH excluding ortho intramolecular Hbond substituents is 1. The largest absolute Gasteiger partial charge is 0.508 e. The van der Waals surface area contributed by atoms with Gasteiger partial charge < -0.3 is 5.11 Å². The van der Waals surface area contributed by atoms with Crippen LogP contribution >= 0.6 is 0 Å². The maximum Gasteiger partial charge on any atom is 0.298 e. The van der Waals surface area contributed by atoms with Gasteiger partial charge in [0.15, 0.2) is 0 Å². The fraction of sp³-hybridized carbons (Fsp3) is 0.0833. The number of hydrogen-bond acceptors (Lipinski definition) is 2. The molecule has 1 N–H and O–H groups in total. The molecule has 0 radical (unpaired) electrons. The molecular weight excluding hydrogens is 212 g/mol. The van der Waals surface area contributed by atoms with Crippen LogP contribution in [0.5, 0.6) is 5.75 Å². The van der Waals surface area contributed by atoms with Crippen molar-refractivity contribution in [1.82, 2.24) is 4.98 Å². The van der Waals surface area contributed by atoms with Crippen molar-refractivity contribution in [2.24, 2.45) is 0 Å². The summed E-state index contributed by atoms with van der Waals surface area (Å²) in [6.45, 7) is 0. The number of phenols is 1. The molecular formula is C12H9F2NO. The maximum atomic E-state index is 13.9. The molecule has 0 saturated carbocycles. The van der Waals surface area contributed by atoms with Crippen molar-refractivity contribution < 1.29 is 13.9 Å². The molecule has 0 saturated heterocycles. The van der Waals surface area contributed by atoms with Gasteiger partial charge >= 0.3 is 0 Å². The number of hydrogen-bond donors (Lipinski definition) is 1. The third kappa shape index (κ3) is 1.86. The third-order valence-electron chi connectivity index (χ3n) is 2.27. The van der Waals surface area contributed by atoms with Gasteiger partial charge in [-0.3, -0.25) is 4.98 Å². The quantitative estimate of drug-likeness (QED) is 0.845. The van der Waals surface area contributed by atoms with Crippen LogP contribution in [0.15, 0.2) is 48.8 Å². The van der Waals surface area contributed by atoms with E-state index in [1.807, 2.05) is 0 Å². The van der Waals surface area contributed by atoms with Gasteiger partial charge in [-0.2, -0.15) is 8.78 Å². The highest BCUT2D eigenvalue weighted by atomic mass is 19.3. The summed E-state index contributed by atoms with van der Waals surface area (Å²) in [6, 6.07) is 7.43. The molecule has 1 aromatic heterocycles. The van der Waals surface area contributed by atoms with Crippen LogP contribution in [0.25, 0.3) is 0 Å². The number of nitrogens with zero attached hydrogens (tertiary/aromatic N) is 1. The van der Waals surface area contributed by atoms with E-state index in [-0.39, 0.29) is 16.9 Å². The summed E-state index contributed by atoms with van der Waals surface area (Å²) in [6.07, 6.45) is 2.65. The predicted molar refractivity (Wildman–Crippen MR) is 55.3 cm³/mol. The summed E-state index contributed by atoms with van der Waals surface area (Å²) >= 11 is 0. The molecule has 0 fully saturated rings. The highest BCUT2D eigenvalue weighted by Gasteiger charge is 2.33. The number of pyridine rings is 1. The monoisotopic (exact) mass is 221 g/mol. The van der Waals surface area contributed by atoms with E-state index < -0.39 is 5.92 Å². The highest BCUT2D eigenvalue weighted by molar-refractivity contribution is 5.35. The molecule has 0 bridgehead atoms. The molecule has 0 aliphatic rings. The van der Waals surface area contributed by atoms with E-state index in [0.717, 1.165) is 0 Å². The van der Waals surface area contributed by atoms with Gasteiger partial charge in [0.05, 0.1) is 0 Å². The smallest absolute Gasteiger partial charge is 0.298 e. The van der Waals surface area contributed by atoms with Crippen molar-refractivity contribution in [2.45, 2.75) is 5.92 Å². The number of benzene rings is 1. The minimum Gasteiger partial charge on any atom is -0.508 e. The maximum absolute atomic E-state index is 13.9. The molecule has 0 aliphatic carbocycles. The Bertz CT molecular complexity index is 468. The number of alkyl halides is 2. The summed E-state index contributed by atoms with van der Waals surface area (Å²) in [7, 11) is 0. The molecule has 0 aliphatic heterocycles. The van der Waals surface area contributed by atoms with E-state index in [9.17, 15) is 8.78 Å². The van der Waals surface area contributed by atoms with Gasteiger partial charge in [0, 0.05) is 23.5 Å². The summed E-state index contributed by atoms with van der Waals surface area (Å²) in [4.78, 5) is 3.69. The Morgan fingerprint density at radius 2 is 1.38 bits per heavy atom. The standard InChI is InChI=1S/C12H9F2NO/c13-12(14,10-5-7-15-8-6-10)9-1-3-11(16)4-2-9/h1-8,16H. The molecule has 0 atom stereocenters. The molecule has 2 aromatic rings. The topological polar surface area (TPSA) is 33.1 Å². The molecule has 16 heavy (non-hydrogen) atoms. The van der Waals surface area contributed by atoms with Crippen LogP contribution in [0.2, 0.25) is 0 Å². The van der Waals surface area contributed by atoms with Gasteiger partial charge in [-0.1, -0.05) is 0 Å². The fourth-order valence-electron chi connectivity index (χ4n) is 1.40. The Morgan fingerprint density at radius 3 is 1.94 bits per heavy atom. The minimum absolute atomic E-state index is 0.0331. The van der Waals surface area contributed by atoms with Crippen molar-refractivity contribution in [2.75, 3.05) is 0 Å². The zero-order chi connectivity index (χ0) is 11.6. The van der Waals surface area contributed by atoms with E-state index in [2.05, 4.69) is 4.98 Å². The molecule has 1 aromatic carbocycles. The normalized spacial score (nSPS) is 11.4. The minimum atomic E-state index is -3.07. The molecule has 1 heterocycles. The van der Waals surface area contributed by atoms with Crippen LogP contribution in [0.3, 0.4) is 0 Å². The van der Waals surface area contributed by atoms with Crippen LogP contribution in [-0.2, 0) is 5.92 Å². The Balaban J connectivity index is 2.43. The fourth-order valence-corrected chi connectivity index (χ4v) is 1.40. The lowest BCUT2D eigenvalue weighted by Crippen LogP contribution is -2.14. The Hall–Kier alpha value is -1.97. The lowest BCUT2D eigenvalue weighted by Gasteiger charge is -2.16. The summed E-state index contributed by atoms with van der Waals surface area (Å²) in [5, 5.41) is 9.04. The van der Waals surface area contributed by atoms with Crippen LogP contribution in [0.4, 0.5) is 8.78 Å². The van der Waals surface area contributed by atoms with E-state index in [1.54, 1.807) is 0 Å². The van der Waals surface area contributed by atoms with Gasteiger partial charge in [-0.25, -0.2) is 0 Å². The molecule has 82 valence electrons. The van der Waals surface area contributed by atoms with Crippen LogP contribution in [0, 0.1) is 0 Å².